The molecule has 0 radical (unpaired) electrons. The van der Waals surface area contributed by atoms with Gasteiger partial charge in [-0.15, -0.1) is 10.2 Å². The minimum Gasteiger partial charge on any atom is -0.416 e. The number of nitrogens with one attached hydrogen (secondary N) is 2. The van der Waals surface area contributed by atoms with Gasteiger partial charge >= 0.3 is 11.8 Å². The van der Waals surface area contributed by atoms with Crippen LogP contribution in [-0.2, 0) is 19.0 Å². The lowest BCUT2D eigenvalue weighted by Gasteiger charge is -2.19. The summed E-state index contributed by atoms with van der Waals surface area (Å²) in [7, 11) is 1.85. The number of carbonyl (C=O) groups is 1. The highest BCUT2D eigenvalue weighted by Crippen LogP contribution is 2.31. The van der Waals surface area contributed by atoms with E-state index < -0.39 is 5.91 Å². The second kappa shape index (κ2) is 10.9. The summed E-state index contributed by atoms with van der Waals surface area (Å²) in [5.74, 6) is 0.423. The molecule has 5 rings (SSSR count). The van der Waals surface area contributed by atoms with Gasteiger partial charge in [0, 0.05) is 50.1 Å². The highest BCUT2D eigenvalue weighted by Gasteiger charge is 2.28. The van der Waals surface area contributed by atoms with E-state index in [1.54, 1.807) is 17.1 Å². The van der Waals surface area contributed by atoms with Gasteiger partial charge in [0.25, 0.3) is 0 Å². The van der Waals surface area contributed by atoms with E-state index in [0.717, 1.165) is 28.1 Å². The predicted molar refractivity (Wildman–Crippen MR) is 144 cm³/mol. The molecule has 12 heteroatoms. The van der Waals surface area contributed by atoms with Crippen LogP contribution in [0.25, 0.3) is 11.3 Å². The maximum atomic E-state index is 13.1. The molecule has 204 valence electrons. The Bertz CT molecular complexity index is 1460. The van der Waals surface area contributed by atoms with E-state index in [2.05, 4.69) is 41.9 Å². The number of aliphatic hydroxyl groups is 1. The summed E-state index contributed by atoms with van der Waals surface area (Å²) < 4.78 is 7.36. The number of amides is 1. The zero-order valence-corrected chi connectivity index (χ0v) is 22.5. The number of β-amino-alcohol motifs (C(OH)–C–C–N with tert-alkyl or cyclic N) is 1. The van der Waals surface area contributed by atoms with Crippen molar-refractivity contribution in [1.29, 1.82) is 0 Å². The summed E-state index contributed by atoms with van der Waals surface area (Å²) in [5, 5.41) is 28.0. The van der Waals surface area contributed by atoms with E-state index >= 15 is 0 Å². The molecule has 4 heterocycles. The molecule has 1 aromatic carbocycles. The smallest absolute Gasteiger partial charge is 0.309 e. The first kappa shape index (κ1) is 26.4. The quantitative estimate of drug-likeness (QED) is 0.325. The van der Waals surface area contributed by atoms with Crippen LogP contribution < -0.4 is 10.6 Å². The average Bonchev–Trinajstić information content (AvgIpc) is 3.52. The topological polar surface area (TPSA) is 147 Å². The molecule has 1 amide bonds. The van der Waals surface area contributed by atoms with Gasteiger partial charge in [-0.05, 0) is 29.7 Å². The van der Waals surface area contributed by atoms with Crippen LogP contribution in [0.1, 0.15) is 60.9 Å². The number of aliphatic hydroxyl groups excluding tert-OH is 1. The van der Waals surface area contributed by atoms with Crippen molar-refractivity contribution in [3.05, 3.63) is 65.8 Å². The molecular weight excluding hydrogens is 498 g/mol. The molecule has 0 fully saturated rings. The van der Waals surface area contributed by atoms with Gasteiger partial charge < -0.3 is 20.2 Å². The minimum atomic E-state index is -0.407. The molecular formula is C27H33N9O3. The number of carbonyl (C=O) groups excluding carboxylic acids is 1. The number of rotatable bonds is 7. The van der Waals surface area contributed by atoms with Crippen molar-refractivity contribution in [3.8, 4) is 11.3 Å². The molecule has 0 saturated heterocycles. The van der Waals surface area contributed by atoms with E-state index in [9.17, 15) is 9.90 Å². The number of nitrogens with zero attached hydrogens (tertiary/aromatic N) is 7. The van der Waals surface area contributed by atoms with Gasteiger partial charge in [-0.25, -0.2) is 9.97 Å². The predicted octanol–water partition coefficient (Wildman–Crippen LogP) is 2.97. The normalized spacial score (nSPS) is 16.0. The van der Waals surface area contributed by atoms with Crippen molar-refractivity contribution in [2.75, 3.05) is 25.0 Å². The zero-order chi connectivity index (χ0) is 27.6. The van der Waals surface area contributed by atoms with Gasteiger partial charge in [-0.3, -0.25) is 14.4 Å². The molecule has 0 spiro atoms. The van der Waals surface area contributed by atoms with E-state index in [1.807, 2.05) is 52.2 Å². The Labute approximate surface area is 226 Å². The molecule has 3 N–H and O–H groups in total. The van der Waals surface area contributed by atoms with Crippen molar-refractivity contribution in [2.45, 2.75) is 45.2 Å². The highest BCUT2D eigenvalue weighted by molar-refractivity contribution is 5.89. The van der Waals surface area contributed by atoms with Crippen LogP contribution in [-0.4, -0.2) is 65.6 Å². The van der Waals surface area contributed by atoms with Crippen LogP contribution >= 0.6 is 0 Å². The Kier molecular flexibility index (Phi) is 7.40. The van der Waals surface area contributed by atoms with E-state index in [0.29, 0.717) is 37.9 Å². The van der Waals surface area contributed by atoms with Gasteiger partial charge in [0.15, 0.2) is 0 Å². The van der Waals surface area contributed by atoms with Gasteiger partial charge in [0.2, 0.25) is 11.8 Å². The average molecular weight is 532 g/mol. The standard InChI is InChI=1S/C27H33N9O3/c1-27(2,3)25-34-33-24(39-25)23(38)31-22-8-10-36(11-12-37)15-18-13-17(5-6-20(18)22)21-7-9-28-26(32-21)30-19-14-29-35(4)16-19/h5-7,9,13-14,16,22,37H,8,10-12,15H2,1-4H3,(H,31,38)(H,28,30,32)/t22-/m1/s1. The fourth-order valence-electron chi connectivity index (χ4n) is 4.54. The number of aryl methyl sites for hydroxylation is 1. The maximum absolute atomic E-state index is 13.1. The summed E-state index contributed by atoms with van der Waals surface area (Å²) in [6, 6.07) is 7.72. The molecule has 0 aliphatic carbocycles. The number of fused-ring (bicyclic) bond motifs is 1. The summed E-state index contributed by atoms with van der Waals surface area (Å²) in [6.07, 6.45) is 5.94. The molecule has 1 atom stereocenters. The fraction of sp³-hybridized carbons (Fsp3) is 0.407. The molecule has 1 aliphatic heterocycles. The van der Waals surface area contributed by atoms with Gasteiger partial charge in [-0.2, -0.15) is 5.10 Å². The van der Waals surface area contributed by atoms with Crippen LogP contribution in [0.3, 0.4) is 0 Å². The van der Waals surface area contributed by atoms with Crippen molar-refractivity contribution in [2.24, 2.45) is 7.05 Å². The third kappa shape index (κ3) is 6.13. The number of benzene rings is 1. The summed E-state index contributed by atoms with van der Waals surface area (Å²) in [4.78, 5) is 24.3. The molecule has 0 bridgehead atoms. The second-order valence-electron chi connectivity index (χ2n) is 10.7. The van der Waals surface area contributed by atoms with Crippen LogP contribution in [0.4, 0.5) is 11.6 Å². The number of hydrogen-bond donors (Lipinski definition) is 3. The first-order valence-corrected chi connectivity index (χ1v) is 12.9. The van der Waals surface area contributed by atoms with Crippen LogP contribution in [0.5, 0.6) is 0 Å². The first-order chi connectivity index (χ1) is 18.7. The van der Waals surface area contributed by atoms with Crippen molar-refractivity contribution >= 4 is 17.5 Å². The molecule has 4 aromatic rings. The van der Waals surface area contributed by atoms with Crippen LogP contribution in [0, 0.1) is 0 Å². The number of aromatic nitrogens is 6. The van der Waals surface area contributed by atoms with E-state index in [1.165, 1.54) is 0 Å². The number of hydrogen-bond acceptors (Lipinski definition) is 10. The Morgan fingerprint density at radius 3 is 2.79 bits per heavy atom. The Hall–Kier alpha value is -4.16. The lowest BCUT2D eigenvalue weighted by atomic mass is 9.96. The maximum Gasteiger partial charge on any atom is 0.309 e. The van der Waals surface area contributed by atoms with Crippen molar-refractivity contribution < 1.29 is 14.3 Å². The minimum absolute atomic E-state index is 0.0517. The third-order valence-electron chi connectivity index (χ3n) is 6.54. The van der Waals surface area contributed by atoms with Gasteiger partial charge in [0.1, 0.15) is 0 Å². The Balaban J connectivity index is 1.41. The Morgan fingerprint density at radius 1 is 1.23 bits per heavy atom. The first-order valence-electron chi connectivity index (χ1n) is 12.9. The number of anilines is 2. The highest BCUT2D eigenvalue weighted by atomic mass is 16.4. The van der Waals surface area contributed by atoms with Crippen molar-refractivity contribution in [3.63, 3.8) is 0 Å². The molecule has 1 aliphatic rings. The van der Waals surface area contributed by atoms with Crippen LogP contribution in [0.15, 0.2) is 47.3 Å². The summed E-state index contributed by atoms with van der Waals surface area (Å²) >= 11 is 0. The SMILES string of the molecule is Cn1cc(Nc2nccc(-c3ccc4c(c3)CN(CCO)CC[C@H]4NC(=O)c3nnc(C(C)(C)C)o3)n2)cn1. The molecule has 12 nitrogen and oxygen atoms in total. The lowest BCUT2D eigenvalue weighted by molar-refractivity contribution is 0.0893. The largest absolute Gasteiger partial charge is 0.416 e. The molecule has 0 saturated carbocycles. The third-order valence-corrected chi connectivity index (χ3v) is 6.54. The Morgan fingerprint density at radius 2 is 2.08 bits per heavy atom. The van der Waals surface area contributed by atoms with E-state index in [-0.39, 0.29) is 24.0 Å². The molecule has 3 aromatic heterocycles. The fourth-order valence-corrected chi connectivity index (χ4v) is 4.54. The second-order valence-corrected chi connectivity index (χ2v) is 10.7. The van der Waals surface area contributed by atoms with Crippen molar-refractivity contribution in [1.82, 2.24) is 40.2 Å². The lowest BCUT2D eigenvalue weighted by Crippen LogP contribution is -2.31. The molecule has 39 heavy (non-hydrogen) atoms. The van der Waals surface area contributed by atoms with Gasteiger partial charge in [0.05, 0.1) is 30.2 Å². The van der Waals surface area contributed by atoms with Crippen LogP contribution in [0.2, 0.25) is 0 Å². The zero-order valence-electron chi connectivity index (χ0n) is 22.5. The summed E-state index contributed by atoms with van der Waals surface area (Å²) in [5.41, 5.74) is 4.18. The summed E-state index contributed by atoms with van der Waals surface area (Å²) in [6.45, 7) is 7.79. The van der Waals surface area contributed by atoms with Gasteiger partial charge in [-0.1, -0.05) is 32.9 Å². The monoisotopic (exact) mass is 531 g/mol. The molecule has 0 unspecified atom stereocenters. The van der Waals surface area contributed by atoms with E-state index in [4.69, 9.17) is 9.40 Å².